The van der Waals surface area contributed by atoms with E-state index in [9.17, 15) is 14.7 Å². The maximum Gasteiger partial charge on any atom is 0.339 e. The van der Waals surface area contributed by atoms with Crippen molar-refractivity contribution in [2.45, 2.75) is 38.9 Å². The van der Waals surface area contributed by atoms with Crippen molar-refractivity contribution in [1.82, 2.24) is 0 Å². The van der Waals surface area contributed by atoms with Gasteiger partial charge >= 0.3 is 5.97 Å². The number of hydrogen-bond donors (Lipinski definition) is 1. The van der Waals surface area contributed by atoms with Crippen molar-refractivity contribution in [3.05, 3.63) is 29.3 Å². The second-order valence-electron chi connectivity index (χ2n) is 6.04. The summed E-state index contributed by atoms with van der Waals surface area (Å²) in [4.78, 5) is 22.0. The first-order chi connectivity index (χ1) is 8.58. The molecular weight excluding hydrogens is 260 g/mol. The molecule has 1 aromatic rings. The minimum absolute atomic E-state index is 0.0217. The Morgan fingerprint density at radius 1 is 1.32 bits per heavy atom. The number of hydrogen-bond acceptors (Lipinski definition) is 3. The summed E-state index contributed by atoms with van der Waals surface area (Å²) >= 11 is 0. The fourth-order valence-corrected chi connectivity index (χ4v) is 2.34. The fraction of sp³-hybridized carbons (Fsp3) is 0.429. The molecule has 0 saturated carbocycles. The highest BCUT2D eigenvalue weighted by Crippen LogP contribution is 2.38. The van der Waals surface area contributed by atoms with E-state index in [1.165, 1.54) is 6.07 Å². The average molecular weight is 280 g/mol. The number of aldehydes is 1. The van der Waals surface area contributed by atoms with Gasteiger partial charge in [-0.3, -0.25) is 4.79 Å². The molecule has 1 aromatic carbocycles. The number of carboxylic acids is 1. The Bertz CT molecular complexity index is 501. The van der Waals surface area contributed by atoms with Crippen molar-refractivity contribution in [3.63, 3.8) is 0 Å². The monoisotopic (exact) mass is 280 g/mol. The van der Waals surface area contributed by atoms with Crippen LogP contribution >= 0.6 is 0 Å². The topological polar surface area (TPSA) is 63.6 Å². The van der Waals surface area contributed by atoms with Gasteiger partial charge in [0.1, 0.15) is 17.6 Å². The summed E-state index contributed by atoms with van der Waals surface area (Å²) < 4.78 is 6.00. The van der Waals surface area contributed by atoms with E-state index in [1.807, 2.05) is 13.1 Å². The van der Waals surface area contributed by atoms with Crippen molar-refractivity contribution in [3.8, 4) is 5.75 Å². The molecule has 19 heavy (non-hydrogen) atoms. The number of carbonyl (C=O) groups excluding carboxylic acids is 1. The third kappa shape index (κ3) is 3.44. The van der Waals surface area contributed by atoms with Crippen LogP contribution in [0.3, 0.4) is 0 Å². The minimum atomic E-state index is -2.10. The summed E-state index contributed by atoms with van der Waals surface area (Å²) in [6.45, 7) is 10.3. The largest absolute Gasteiger partial charge is 0.543 e. The van der Waals surface area contributed by atoms with Crippen LogP contribution in [-0.2, 0) is 0 Å². The first kappa shape index (κ1) is 15.4. The van der Waals surface area contributed by atoms with Crippen LogP contribution in [0.2, 0.25) is 18.1 Å². The van der Waals surface area contributed by atoms with E-state index < -0.39 is 14.3 Å². The van der Waals surface area contributed by atoms with Crippen LogP contribution in [-0.4, -0.2) is 25.7 Å². The molecule has 0 spiro atoms. The second-order valence-corrected chi connectivity index (χ2v) is 10.8. The molecule has 1 rings (SSSR count). The number of rotatable bonds is 4. The normalized spacial score (nSPS) is 12.1. The van der Waals surface area contributed by atoms with Crippen LogP contribution in [0.1, 0.15) is 41.5 Å². The molecule has 0 fully saturated rings. The molecule has 0 saturated heterocycles. The second kappa shape index (κ2) is 5.17. The molecule has 1 N–H and O–H groups in total. The molecule has 0 radical (unpaired) electrons. The SMILES string of the molecule is CC(C)(C)[Si](C)(C)Oc1ccc(C=O)cc1C(=O)O. The van der Waals surface area contributed by atoms with Gasteiger partial charge in [0, 0.05) is 5.56 Å². The van der Waals surface area contributed by atoms with Crippen molar-refractivity contribution in [2.24, 2.45) is 0 Å². The number of aromatic carboxylic acids is 1. The molecule has 0 atom stereocenters. The van der Waals surface area contributed by atoms with Crippen molar-refractivity contribution in [2.75, 3.05) is 0 Å². The average Bonchev–Trinajstić information content (AvgIpc) is 2.27. The predicted molar refractivity (Wildman–Crippen MR) is 76.6 cm³/mol. The Morgan fingerprint density at radius 2 is 1.89 bits per heavy atom. The zero-order chi connectivity index (χ0) is 14.8. The third-order valence-corrected chi connectivity index (χ3v) is 7.88. The van der Waals surface area contributed by atoms with Gasteiger partial charge in [-0.1, -0.05) is 20.8 Å². The lowest BCUT2D eigenvalue weighted by Crippen LogP contribution is -2.44. The van der Waals surface area contributed by atoms with Crippen LogP contribution < -0.4 is 4.43 Å². The summed E-state index contributed by atoms with van der Waals surface area (Å²) in [5.74, 6) is -0.748. The van der Waals surface area contributed by atoms with Gasteiger partial charge < -0.3 is 9.53 Å². The minimum Gasteiger partial charge on any atom is -0.543 e. The summed E-state index contributed by atoms with van der Waals surface area (Å²) in [6.07, 6.45) is 0.628. The summed E-state index contributed by atoms with van der Waals surface area (Å²) in [5, 5.41) is 9.18. The van der Waals surface area contributed by atoms with E-state index in [0.29, 0.717) is 17.6 Å². The Morgan fingerprint density at radius 3 is 2.32 bits per heavy atom. The molecule has 0 aliphatic rings. The summed E-state index contributed by atoms with van der Waals surface area (Å²) in [5.41, 5.74) is 0.370. The fourth-order valence-electron chi connectivity index (χ4n) is 1.31. The van der Waals surface area contributed by atoms with Gasteiger partial charge in [0.2, 0.25) is 0 Å². The Balaban J connectivity index is 3.21. The first-order valence-electron chi connectivity index (χ1n) is 6.10. The molecule has 0 bridgehead atoms. The van der Waals surface area contributed by atoms with Gasteiger partial charge in [0.05, 0.1) is 0 Å². The van der Waals surface area contributed by atoms with Crippen LogP contribution in [0, 0.1) is 0 Å². The lowest BCUT2D eigenvalue weighted by atomic mass is 10.1. The van der Waals surface area contributed by atoms with E-state index in [0.717, 1.165) is 0 Å². The molecular formula is C14H20O4Si. The number of carboxylic acid groups (broad SMARTS) is 1. The van der Waals surface area contributed by atoms with Crippen LogP contribution in [0.5, 0.6) is 5.75 Å². The smallest absolute Gasteiger partial charge is 0.339 e. The lowest BCUT2D eigenvalue weighted by Gasteiger charge is -2.36. The summed E-state index contributed by atoms with van der Waals surface area (Å²) in [7, 11) is -2.10. The molecule has 4 nitrogen and oxygen atoms in total. The quantitative estimate of drug-likeness (QED) is 0.676. The number of benzene rings is 1. The first-order valence-corrected chi connectivity index (χ1v) is 9.01. The predicted octanol–water partition coefficient (Wildman–Crippen LogP) is 3.58. The lowest BCUT2D eigenvalue weighted by molar-refractivity contribution is 0.0694. The van der Waals surface area contributed by atoms with Gasteiger partial charge in [-0.25, -0.2) is 4.79 Å². The zero-order valence-corrected chi connectivity index (χ0v) is 13.0. The van der Waals surface area contributed by atoms with E-state index in [4.69, 9.17) is 4.43 Å². The van der Waals surface area contributed by atoms with Crippen LogP contribution in [0.4, 0.5) is 0 Å². The van der Waals surface area contributed by atoms with Crippen LogP contribution in [0.15, 0.2) is 18.2 Å². The standard InChI is InChI=1S/C14H20O4Si/c1-14(2,3)19(4,5)18-12-7-6-10(9-15)8-11(12)13(16)17/h6-9H,1-5H3,(H,16,17). The van der Waals surface area contributed by atoms with Gasteiger partial charge in [0.15, 0.2) is 0 Å². The Labute approximate surface area is 114 Å². The van der Waals surface area contributed by atoms with E-state index in [2.05, 4.69) is 20.8 Å². The maximum atomic E-state index is 11.2. The highest BCUT2D eigenvalue weighted by atomic mass is 28.4. The van der Waals surface area contributed by atoms with Gasteiger partial charge in [-0.15, -0.1) is 0 Å². The molecule has 0 unspecified atom stereocenters. The molecule has 104 valence electrons. The van der Waals surface area contributed by atoms with Crippen LogP contribution in [0.25, 0.3) is 0 Å². The molecule has 0 aliphatic carbocycles. The van der Waals surface area contributed by atoms with E-state index >= 15 is 0 Å². The molecule has 5 heteroatoms. The van der Waals surface area contributed by atoms with Crippen molar-refractivity contribution in [1.29, 1.82) is 0 Å². The summed E-state index contributed by atoms with van der Waals surface area (Å²) in [6, 6.07) is 4.48. The van der Waals surface area contributed by atoms with E-state index in [1.54, 1.807) is 12.1 Å². The number of carbonyl (C=O) groups is 2. The molecule has 0 amide bonds. The Hall–Kier alpha value is -1.62. The highest BCUT2D eigenvalue weighted by Gasteiger charge is 2.39. The highest BCUT2D eigenvalue weighted by molar-refractivity contribution is 6.74. The Kier molecular flexibility index (Phi) is 4.20. The van der Waals surface area contributed by atoms with Crippen molar-refractivity contribution < 1.29 is 19.1 Å². The zero-order valence-electron chi connectivity index (χ0n) is 12.0. The third-order valence-electron chi connectivity index (χ3n) is 3.54. The molecule has 0 aromatic heterocycles. The maximum absolute atomic E-state index is 11.2. The van der Waals surface area contributed by atoms with E-state index in [-0.39, 0.29) is 10.6 Å². The van der Waals surface area contributed by atoms with Gasteiger partial charge in [0.25, 0.3) is 8.32 Å². The van der Waals surface area contributed by atoms with Crippen molar-refractivity contribution >= 4 is 20.6 Å². The molecule has 0 heterocycles. The van der Waals surface area contributed by atoms with Gasteiger partial charge in [-0.2, -0.15) is 0 Å². The van der Waals surface area contributed by atoms with Gasteiger partial charge in [-0.05, 0) is 36.3 Å². The molecule has 0 aliphatic heterocycles.